The summed E-state index contributed by atoms with van der Waals surface area (Å²) in [6.07, 6.45) is 2.52. The largest absolute Gasteiger partial charge is 0.479 e. The Hall–Kier alpha value is -0.830. The number of hydrogen-bond acceptors (Lipinski definition) is 2. The molecule has 1 aliphatic heterocycles. The van der Waals surface area contributed by atoms with E-state index in [4.69, 9.17) is 9.84 Å². The molecule has 0 aromatic rings. The summed E-state index contributed by atoms with van der Waals surface area (Å²) < 4.78 is 4.70. The van der Waals surface area contributed by atoms with Crippen molar-refractivity contribution in [1.29, 1.82) is 0 Å². The predicted octanol–water partition coefficient (Wildman–Crippen LogP) is 0.0260. The predicted molar refractivity (Wildman–Crippen MR) is 26.5 cm³/mol. The number of aliphatic carboxylic acids is 1. The summed E-state index contributed by atoms with van der Waals surface area (Å²) in [5.41, 5.74) is 0. The first-order chi connectivity index (χ1) is 3.80. The Balaban J connectivity index is 2.48. The minimum atomic E-state index is -0.918. The molecule has 1 atom stereocenters. The second kappa shape index (κ2) is 1.96. The molecule has 3 heteroatoms. The fourth-order valence-corrected chi connectivity index (χ4v) is 0.548. The Morgan fingerprint density at radius 2 is 2.62 bits per heavy atom. The zero-order chi connectivity index (χ0) is 5.98. The molecule has 1 aliphatic rings. The third-order valence-electron chi connectivity index (χ3n) is 0.926. The molecule has 44 valence electrons. The highest BCUT2D eigenvalue weighted by Crippen LogP contribution is 2.01. The molecule has 1 N–H and O–H groups in total. The van der Waals surface area contributed by atoms with Gasteiger partial charge >= 0.3 is 5.97 Å². The Morgan fingerprint density at radius 3 is 2.88 bits per heavy atom. The summed E-state index contributed by atoms with van der Waals surface area (Å²) >= 11 is 0. The van der Waals surface area contributed by atoms with E-state index in [2.05, 4.69) is 0 Å². The van der Waals surface area contributed by atoms with Crippen LogP contribution in [0, 0.1) is 0 Å². The lowest BCUT2D eigenvalue weighted by Gasteiger charge is -1.97. The summed E-state index contributed by atoms with van der Waals surface area (Å²) in [5, 5.41) is 8.24. The maximum absolute atomic E-state index is 10.0. The van der Waals surface area contributed by atoms with Gasteiger partial charge in [0, 0.05) is 0 Å². The molecule has 0 unspecified atom stereocenters. The first-order valence-corrected chi connectivity index (χ1v) is 2.32. The topological polar surface area (TPSA) is 46.5 Å². The molecule has 8 heavy (non-hydrogen) atoms. The molecule has 0 radical (unpaired) electrons. The van der Waals surface area contributed by atoms with Crippen LogP contribution in [0.3, 0.4) is 0 Å². The van der Waals surface area contributed by atoms with E-state index >= 15 is 0 Å². The van der Waals surface area contributed by atoms with Gasteiger partial charge in [0.1, 0.15) is 0 Å². The van der Waals surface area contributed by atoms with Crippen molar-refractivity contribution in [3.8, 4) is 0 Å². The minimum Gasteiger partial charge on any atom is -0.479 e. The van der Waals surface area contributed by atoms with E-state index in [0.29, 0.717) is 6.61 Å². The fraction of sp³-hybridized carbons (Fsp3) is 0.400. The highest BCUT2D eigenvalue weighted by Gasteiger charge is 2.16. The van der Waals surface area contributed by atoms with Crippen molar-refractivity contribution in [2.45, 2.75) is 6.10 Å². The van der Waals surface area contributed by atoms with Crippen molar-refractivity contribution >= 4 is 5.97 Å². The van der Waals surface area contributed by atoms with Gasteiger partial charge in [0.2, 0.25) is 0 Å². The number of rotatable bonds is 1. The molecule has 0 saturated carbocycles. The van der Waals surface area contributed by atoms with Crippen LogP contribution in [0.1, 0.15) is 0 Å². The molecule has 0 spiro atoms. The van der Waals surface area contributed by atoms with E-state index in [1.54, 1.807) is 6.08 Å². The highest BCUT2D eigenvalue weighted by atomic mass is 16.5. The van der Waals surface area contributed by atoms with Gasteiger partial charge in [-0.25, -0.2) is 4.79 Å². The lowest BCUT2D eigenvalue weighted by Crippen LogP contribution is -2.17. The monoisotopic (exact) mass is 114 g/mol. The SMILES string of the molecule is O=C(O)[C@@H]1C=CCO1. The molecule has 0 aliphatic carbocycles. The second-order valence-corrected chi connectivity index (χ2v) is 1.52. The molecule has 0 saturated heterocycles. The zero-order valence-electron chi connectivity index (χ0n) is 4.20. The Labute approximate surface area is 46.6 Å². The van der Waals surface area contributed by atoms with Crippen LogP contribution in [0.4, 0.5) is 0 Å². The standard InChI is InChI=1S/C5H6O3/c6-5(7)4-2-1-3-8-4/h1-2,4H,3H2,(H,6,7)/t4-/m0/s1. The lowest BCUT2D eigenvalue weighted by molar-refractivity contribution is -0.145. The van der Waals surface area contributed by atoms with E-state index in [1.165, 1.54) is 6.08 Å². The summed E-state index contributed by atoms with van der Waals surface area (Å²) in [6.45, 7) is 0.428. The van der Waals surface area contributed by atoms with Gasteiger partial charge in [-0.15, -0.1) is 0 Å². The smallest absolute Gasteiger partial charge is 0.336 e. The van der Waals surface area contributed by atoms with E-state index in [1.807, 2.05) is 0 Å². The normalized spacial score (nSPS) is 26.2. The first kappa shape index (κ1) is 5.31. The summed E-state index contributed by atoms with van der Waals surface area (Å²) in [5.74, 6) is -0.918. The van der Waals surface area contributed by atoms with Crippen LogP contribution in [-0.2, 0) is 9.53 Å². The Bertz CT molecular complexity index is 128. The van der Waals surface area contributed by atoms with Crippen LogP contribution in [0.2, 0.25) is 0 Å². The molecule has 0 aromatic heterocycles. The second-order valence-electron chi connectivity index (χ2n) is 1.52. The van der Waals surface area contributed by atoms with E-state index in [0.717, 1.165) is 0 Å². The third-order valence-corrected chi connectivity index (χ3v) is 0.926. The number of carboxylic acids is 1. The lowest BCUT2D eigenvalue weighted by atomic mass is 10.4. The van der Waals surface area contributed by atoms with Gasteiger partial charge in [0.05, 0.1) is 6.61 Å². The number of ether oxygens (including phenoxy) is 1. The van der Waals surface area contributed by atoms with E-state index < -0.39 is 12.1 Å². The van der Waals surface area contributed by atoms with Crippen LogP contribution in [0.5, 0.6) is 0 Å². The minimum absolute atomic E-state index is 0.428. The van der Waals surface area contributed by atoms with Crippen LogP contribution >= 0.6 is 0 Å². The van der Waals surface area contributed by atoms with Crippen molar-refractivity contribution < 1.29 is 14.6 Å². The maximum atomic E-state index is 10.0. The van der Waals surface area contributed by atoms with Crippen LogP contribution in [-0.4, -0.2) is 23.8 Å². The maximum Gasteiger partial charge on any atom is 0.336 e. The fourth-order valence-electron chi connectivity index (χ4n) is 0.548. The van der Waals surface area contributed by atoms with Crippen molar-refractivity contribution in [3.63, 3.8) is 0 Å². The van der Waals surface area contributed by atoms with Gasteiger partial charge in [-0.3, -0.25) is 0 Å². The number of carbonyl (C=O) groups is 1. The van der Waals surface area contributed by atoms with Gasteiger partial charge in [-0.1, -0.05) is 6.08 Å². The van der Waals surface area contributed by atoms with Crippen LogP contribution in [0.25, 0.3) is 0 Å². The number of carboxylic acid groups (broad SMARTS) is 1. The van der Waals surface area contributed by atoms with Crippen LogP contribution in [0.15, 0.2) is 12.2 Å². The third kappa shape index (κ3) is 0.869. The molecule has 0 aromatic carbocycles. The summed E-state index contributed by atoms with van der Waals surface area (Å²) in [6, 6.07) is 0. The molecule has 0 fully saturated rings. The van der Waals surface area contributed by atoms with E-state index in [-0.39, 0.29) is 0 Å². The quantitative estimate of drug-likeness (QED) is 0.489. The molecule has 1 heterocycles. The van der Waals surface area contributed by atoms with Crippen molar-refractivity contribution in [2.75, 3.05) is 6.61 Å². The highest BCUT2D eigenvalue weighted by molar-refractivity contribution is 5.75. The van der Waals surface area contributed by atoms with Crippen molar-refractivity contribution in [2.24, 2.45) is 0 Å². The summed E-state index contributed by atoms with van der Waals surface area (Å²) in [4.78, 5) is 10.0. The van der Waals surface area contributed by atoms with Gasteiger partial charge in [0.15, 0.2) is 6.10 Å². The molecule has 3 nitrogen and oxygen atoms in total. The molecular formula is C5H6O3. The summed E-state index contributed by atoms with van der Waals surface area (Å²) in [7, 11) is 0. The zero-order valence-corrected chi connectivity index (χ0v) is 4.20. The molecule has 0 amide bonds. The first-order valence-electron chi connectivity index (χ1n) is 2.32. The average Bonchev–Trinajstić information content (AvgIpc) is 2.12. The van der Waals surface area contributed by atoms with E-state index in [9.17, 15) is 4.79 Å². The van der Waals surface area contributed by atoms with Gasteiger partial charge in [0.25, 0.3) is 0 Å². The van der Waals surface area contributed by atoms with Gasteiger partial charge < -0.3 is 9.84 Å². The van der Waals surface area contributed by atoms with Gasteiger partial charge in [-0.2, -0.15) is 0 Å². The molecular weight excluding hydrogens is 108 g/mol. The molecule has 1 rings (SSSR count). The molecule has 0 bridgehead atoms. The Morgan fingerprint density at radius 1 is 1.88 bits per heavy atom. The number of hydrogen-bond donors (Lipinski definition) is 1. The van der Waals surface area contributed by atoms with Crippen molar-refractivity contribution in [3.05, 3.63) is 12.2 Å². The Kier molecular flexibility index (Phi) is 1.30. The van der Waals surface area contributed by atoms with Crippen molar-refractivity contribution in [1.82, 2.24) is 0 Å². The average molecular weight is 114 g/mol. The van der Waals surface area contributed by atoms with Gasteiger partial charge in [-0.05, 0) is 6.08 Å². The van der Waals surface area contributed by atoms with Crippen LogP contribution < -0.4 is 0 Å².